The van der Waals surface area contributed by atoms with Crippen LogP contribution in [-0.4, -0.2) is 12.0 Å². The molecule has 0 aliphatic rings. The predicted molar refractivity (Wildman–Crippen MR) is 72.8 cm³/mol. The van der Waals surface area contributed by atoms with Crippen molar-refractivity contribution in [3.8, 4) is 0 Å². The van der Waals surface area contributed by atoms with Gasteiger partial charge in [-0.3, -0.25) is 4.79 Å². The highest BCUT2D eigenvalue weighted by Crippen LogP contribution is 2.24. The molecule has 2 aromatic rings. The third-order valence-electron chi connectivity index (χ3n) is 2.72. The number of hydrogen-bond donors (Lipinski definition) is 0. The summed E-state index contributed by atoms with van der Waals surface area (Å²) in [5.41, 5.74) is 1.56. The van der Waals surface area contributed by atoms with Gasteiger partial charge in [-0.1, -0.05) is 23.8 Å². The van der Waals surface area contributed by atoms with Gasteiger partial charge in [-0.25, -0.2) is 4.39 Å². The molecular formula is C15H13FOS. The van der Waals surface area contributed by atoms with Crippen molar-refractivity contribution in [2.45, 2.75) is 11.8 Å². The third-order valence-corrected chi connectivity index (χ3v) is 3.51. The van der Waals surface area contributed by atoms with Crippen molar-refractivity contribution in [1.82, 2.24) is 0 Å². The Balaban J connectivity index is 2.51. The van der Waals surface area contributed by atoms with Gasteiger partial charge in [0.2, 0.25) is 0 Å². The summed E-state index contributed by atoms with van der Waals surface area (Å²) in [7, 11) is 0. The standard InChI is InChI=1S/C15H13FOS/c1-10-7-8-13(16)12(9-10)15(17)11-5-3-4-6-14(11)18-2/h3-9H,1-2H3. The zero-order valence-electron chi connectivity index (χ0n) is 10.2. The summed E-state index contributed by atoms with van der Waals surface area (Å²) in [5.74, 6) is -0.734. The summed E-state index contributed by atoms with van der Waals surface area (Å²) < 4.78 is 13.7. The molecule has 3 heteroatoms. The Hall–Kier alpha value is -1.61. The molecule has 0 spiro atoms. The molecule has 0 saturated heterocycles. The second-order valence-electron chi connectivity index (χ2n) is 4.01. The van der Waals surface area contributed by atoms with E-state index < -0.39 is 5.82 Å². The van der Waals surface area contributed by atoms with Crippen LogP contribution in [0.25, 0.3) is 0 Å². The molecule has 0 unspecified atom stereocenters. The van der Waals surface area contributed by atoms with Gasteiger partial charge in [-0.05, 0) is 37.4 Å². The molecule has 92 valence electrons. The first-order chi connectivity index (χ1) is 8.63. The average molecular weight is 260 g/mol. The number of carbonyl (C=O) groups is 1. The fourth-order valence-corrected chi connectivity index (χ4v) is 2.39. The van der Waals surface area contributed by atoms with E-state index in [1.807, 2.05) is 25.3 Å². The van der Waals surface area contributed by atoms with Crippen LogP contribution in [0.15, 0.2) is 47.4 Å². The maximum absolute atomic E-state index is 13.7. The molecule has 2 rings (SSSR count). The first-order valence-corrected chi connectivity index (χ1v) is 6.80. The van der Waals surface area contributed by atoms with E-state index in [0.29, 0.717) is 5.56 Å². The summed E-state index contributed by atoms with van der Waals surface area (Å²) in [6.07, 6.45) is 1.90. The van der Waals surface area contributed by atoms with E-state index in [-0.39, 0.29) is 11.3 Å². The predicted octanol–water partition coefficient (Wildman–Crippen LogP) is 4.09. The van der Waals surface area contributed by atoms with E-state index in [0.717, 1.165) is 10.5 Å². The molecule has 0 saturated carbocycles. The van der Waals surface area contributed by atoms with Crippen molar-refractivity contribution in [2.24, 2.45) is 0 Å². The lowest BCUT2D eigenvalue weighted by Crippen LogP contribution is -2.06. The van der Waals surface area contributed by atoms with Crippen LogP contribution in [-0.2, 0) is 0 Å². The molecule has 0 bridgehead atoms. The topological polar surface area (TPSA) is 17.1 Å². The van der Waals surface area contributed by atoms with Crippen LogP contribution in [0.2, 0.25) is 0 Å². The van der Waals surface area contributed by atoms with Crippen molar-refractivity contribution in [1.29, 1.82) is 0 Å². The zero-order chi connectivity index (χ0) is 13.1. The Labute approximate surface area is 110 Å². The highest BCUT2D eigenvalue weighted by atomic mass is 32.2. The molecule has 0 aromatic heterocycles. The summed E-state index contributed by atoms with van der Waals surface area (Å²) >= 11 is 1.49. The van der Waals surface area contributed by atoms with Crippen molar-refractivity contribution < 1.29 is 9.18 Å². The molecule has 0 heterocycles. The lowest BCUT2D eigenvalue weighted by atomic mass is 10.0. The molecule has 0 radical (unpaired) electrons. The van der Waals surface area contributed by atoms with E-state index in [1.54, 1.807) is 24.3 Å². The minimum absolute atomic E-state index is 0.136. The largest absolute Gasteiger partial charge is 0.288 e. The summed E-state index contributed by atoms with van der Waals surface area (Å²) in [6.45, 7) is 1.84. The molecule has 0 aliphatic heterocycles. The molecule has 0 N–H and O–H groups in total. The zero-order valence-corrected chi connectivity index (χ0v) is 11.1. The van der Waals surface area contributed by atoms with Crippen molar-refractivity contribution >= 4 is 17.5 Å². The first-order valence-electron chi connectivity index (χ1n) is 5.57. The highest BCUT2D eigenvalue weighted by molar-refractivity contribution is 7.98. The van der Waals surface area contributed by atoms with E-state index in [1.165, 1.54) is 17.8 Å². The van der Waals surface area contributed by atoms with Crippen molar-refractivity contribution in [3.63, 3.8) is 0 Å². The highest BCUT2D eigenvalue weighted by Gasteiger charge is 2.16. The monoisotopic (exact) mass is 260 g/mol. The molecule has 0 atom stereocenters. The third kappa shape index (κ3) is 2.46. The molecule has 0 amide bonds. The quantitative estimate of drug-likeness (QED) is 0.611. The lowest BCUT2D eigenvalue weighted by molar-refractivity contribution is 0.103. The number of carbonyl (C=O) groups excluding carboxylic acids is 1. The lowest BCUT2D eigenvalue weighted by Gasteiger charge is -2.07. The second-order valence-corrected chi connectivity index (χ2v) is 4.86. The number of thioether (sulfide) groups is 1. The maximum Gasteiger partial charge on any atom is 0.197 e. The molecule has 18 heavy (non-hydrogen) atoms. The second kappa shape index (κ2) is 5.36. The van der Waals surface area contributed by atoms with Gasteiger partial charge in [0, 0.05) is 10.5 Å². The smallest absolute Gasteiger partial charge is 0.197 e. The minimum atomic E-state index is -0.471. The van der Waals surface area contributed by atoms with Crippen molar-refractivity contribution in [2.75, 3.05) is 6.26 Å². The number of halogens is 1. The van der Waals surface area contributed by atoms with Crippen LogP contribution >= 0.6 is 11.8 Å². The van der Waals surface area contributed by atoms with Gasteiger partial charge in [-0.2, -0.15) is 0 Å². The first kappa shape index (κ1) is 12.8. The van der Waals surface area contributed by atoms with Gasteiger partial charge in [0.05, 0.1) is 5.56 Å². The number of rotatable bonds is 3. The number of benzene rings is 2. The van der Waals surface area contributed by atoms with Crippen LogP contribution in [0.5, 0.6) is 0 Å². The summed E-state index contributed by atoms with van der Waals surface area (Å²) in [5, 5.41) is 0. The van der Waals surface area contributed by atoms with Crippen LogP contribution in [0.1, 0.15) is 21.5 Å². The molecule has 2 aromatic carbocycles. The molecule has 0 fully saturated rings. The van der Waals surface area contributed by atoms with Gasteiger partial charge in [0.25, 0.3) is 0 Å². The number of ketones is 1. The average Bonchev–Trinajstić information content (AvgIpc) is 2.40. The van der Waals surface area contributed by atoms with Gasteiger partial charge in [0.15, 0.2) is 5.78 Å². The fourth-order valence-electron chi connectivity index (χ4n) is 1.79. The Morgan fingerprint density at radius 3 is 2.56 bits per heavy atom. The van der Waals surface area contributed by atoms with Gasteiger partial charge in [-0.15, -0.1) is 11.8 Å². The normalized spacial score (nSPS) is 10.4. The molecular weight excluding hydrogens is 247 g/mol. The number of hydrogen-bond acceptors (Lipinski definition) is 2. The molecule has 0 aliphatic carbocycles. The van der Waals surface area contributed by atoms with Gasteiger partial charge < -0.3 is 0 Å². The van der Waals surface area contributed by atoms with Crippen LogP contribution in [0, 0.1) is 12.7 Å². The van der Waals surface area contributed by atoms with Gasteiger partial charge in [0.1, 0.15) is 5.82 Å². The summed E-state index contributed by atoms with van der Waals surface area (Å²) in [4.78, 5) is 13.2. The van der Waals surface area contributed by atoms with Gasteiger partial charge >= 0.3 is 0 Å². The number of aryl methyl sites for hydroxylation is 1. The Morgan fingerprint density at radius 1 is 1.11 bits per heavy atom. The van der Waals surface area contributed by atoms with E-state index >= 15 is 0 Å². The fraction of sp³-hybridized carbons (Fsp3) is 0.133. The Kier molecular flexibility index (Phi) is 3.82. The van der Waals surface area contributed by atoms with Crippen LogP contribution < -0.4 is 0 Å². The van der Waals surface area contributed by atoms with Crippen LogP contribution in [0.4, 0.5) is 4.39 Å². The van der Waals surface area contributed by atoms with E-state index in [9.17, 15) is 9.18 Å². The Bertz CT molecular complexity index is 593. The SMILES string of the molecule is CSc1ccccc1C(=O)c1cc(C)ccc1F. The Morgan fingerprint density at radius 2 is 1.83 bits per heavy atom. The molecule has 1 nitrogen and oxygen atoms in total. The minimum Gasteiger partial charge on any atom is -0.288 e. The maximum atomic E-state index is 13.7. The summed E-state index contributed by atoms with van der Waals surface area (Å²) in [6, 6.07) is 11.9. The van der Waals surface area contributed by atoms with E-state index in [2.05, 4.69) is 0 Å². The van der Waals surface area contributed by atoms with Crippen molar-refractivity contribution in [3.05, 3.63) is 65.0 Å². The van der Waals surface area contributed by atoms with Crippen LogP contribution in [0.3, 0.4) is 0 Å². The van der Waals surface area contributed by atoms with E-state index in [4.69, 9.17) is 0 Å².